The van der Waals surface area contributed by atoms with Crippen LogP contribution in [0.5, 0.6) is 11.5 Å². The Bertz CT molecular complexity index is 981. The summed E-state index contributed by atoms with van der Waals surface area (Å²) in [6, 6.07) is 11.1. The van der Waals surface area contributed by atoms with Crippen LogP contribution in [0.15, 0.2) is 36.4 Å². The highest BCUT2D eigenvalue weighted by Crippen LogP contribution is 2.41. The molecule has 4 rings (SSSR count). The number of amides is 1. The van der Waals surface area contributed by atoms with Gasteiger partial charge in [0, 0.05) is 24.8 Å². The van der Waals surface area contributed by atoms with Crippen molar-refractivity contribution < 1.29 is 14.3 Å². The normalized spacial score (nSPS) is 21.1. The van der Waals surface area contributed by atoms with Crippen molar-refractivity contribution in [1.29, 1.82) is 0 Å². The van der Waals surface area contributed by atoms with Gasteiger partial charge in [0.25, 0.3) is 0 Å². The number of hydrogen-bond acceptors (Lipinski definition) is 4. The lowest BCUT2D eigenvalue weighted by atomic mass is 9.81. The average molecular weight is 514 g/mol. The average Bonchev–Trinajstić information content (AvgIpc) is 3.11. The molecule has 2 aromatic carbocycles. The zero-order valence-electron chi connectivity index (χ0n) is 19.1. The van der Waals surface area contributed by atoms with Crippen LogP contribution in [-0.2, 0) is 10.2 Å². The monoisotopic (exact) mass is 512 g/mol. The first-order chi connectivity index (χ1) is 15.4. The number of anilines is 1. The van der Waals surface area contributed by atoms with Crippen molar-refractivity contribution in [2.75, 3.05) is 44.8 Å². The molecule has 0 radical (unpaired) electrons. The van der Waals surface area contributed by atoms with Gasteiger partial charge in [-0.2, -0.15) is 0 Å². The van der Waals surface area contributed by atoms with Crippen molar-refractivity contribution in [3.63, 3.8) is 0 Å². The molecule has 0 aliphatic carbocycles. The second-order valence-electron chi connectivity index (χ2n) is 8.75. The second-order valence-corrected chi connectivity index (χ2v) is 9.57. The molecule has 0 bridgehead atoms. The molecule has 0 N–H and O–H groups in total. The van der Waals surface area contributed by atoms with Crippen molar-refractivity contribution in [2.45, 2.75) is 38.0 Å². The van der Waals surface area contributed by atoms with Crippen molar-refractivity contribution in [2.24, 2.45) is 0 Å². The number of halogens is 3. The zero-order valence-corrected chi connectivity index (χ0v) is 21.4. The minimum absolute atomic E-state index is 0. The van der Waals surface area contributed by atoms with Crippen LogP contribution < -0.4 is 14.4 Å². The number of methoxy groups -OCH3 is 1. The number of benzene rings is 2. The fourth-order valence-corrected chi connectivity index (χ4v) is 4.91. The molecule has 1 atom stereocenters. The Morgan fingerprint density at radius 1 is 0.970 bits per heavy atom. The molecule has 8 heteroatoms. The summed E-state index contributed by atoms with van der Waals surface area (Å²) in [6.45, 7) is 6.34. The van der Waals surface area contributed by atoms with Crippen molar-refractivity contribution in [3.05, 3.63) is 52.0 Å². The zero-order chi connectivity index (χ0) is 22.7. The lowest BCUT2D eigenvalue weighted by molar-refractivity contribution is -0.121. The maximum atomic E-state index is 13.5. The van der Waals surface area contributed by atoms with Crippen LogP contribution in [0.2, 0.25) is 10.0 Å². The molecule has 2 fully saturated rings. The number of likely N-dealkylation sites (tertiary alicyclic amines) is 1. The highest BCUT2D eigenvalue weighted by atomic mass is 35.5. The van der Waals surface area contributed by atoms with E-state index in [1.54, 1.807) is 19.2 Å². The van der Waals surface area contributed by atoms with E-state index < -0.39 is 5.41 Å². The highest BCUT2D eigenvalue weighted by Gasteiger charge is 2.45. The lowest BCUT2D eigenvalue weighted by Gasteiger charge is -2.26. The molecule has 2 aliphatic heterocycles. The molecule has 2 saturated heterocycles. The van der Waals surface area contributed by atoms with Crippen molar-refractivity contribution in [1.82, 2.24) is 4.90 Å². The van der Waals surface area contributed by atoms with Gasteiger partial charge < -0.3 is 14.4 Å². The van der Waals surface area contributed by atoms with E-state index in [9.17, 15) is 4.79 Å². The van der Waals surface area contributed by atoms with E-state index in [4.69, 9.17) is 32.7 Å². The van der Waals surface area contributed by atoms with E-state index in [1.165, 1.54) is 19.3 Å². The van der Waals surface area contributed by atoms with Crippen LogP contribution in [0.4, 0.5) is 5.69 Å². The van der Waals surface area contributed by atoms with Crippen molar-refractivity contribution >= 4 is 47.2 Å². The molecule has 1 unspecified atom stereocenters. The first kappa shape index (κ1) is 26.0. The number of carbonyl (C=O) groups is 1. The summed E-state index contributed by atoms with van der Waals surface area (Å²) in [7, 11) is 1.63. The Kier molecular flexibility index (Phi) is 8.79. The largest absolute Gasteiger partial charge is 0.493 e. The predicted molar refractivity (Wildman–Crippen MR) is 137 cm³/mol. The van der Waals surface area contributed by atoms with Crippen molar-refractivity contribution in [3.8, 4) is 11.5 Å². The van der Waals surface area contributed by atoms with Gasteiger partial charge in [-0.05, 0) is 69.1 Å². The number of ether oxygens (including phenoxy) is 2. The molecule has 2 heterocycles. The molecule has 180 valence electrons. The summed E-state index contributed by atoms with van der Waals surface area (Å²) >= 11 is 12.3. The lowest BCUT2D eigenvalue weighted by Crippen LogP contribution is -2.35. The van der Waals surface area contributed by atoms with E-state index in [-0.39, 0.29) is 18.3 Å². The van der Waals surface area contributed by atoms with Gasteiger partial charge in [-0.1, -0.05) is 35.7 Å². The van der Waals surface area contributed by atoms with Crippen LogP contribution in [0, 0.1) is 0 Å². The second kappa shape index (κ2) is 11.2. The first-order valence-corrected chi connectivity index (χ1v) is 12.0. The molecule has 1 amide bonds. The summed E-state index contributed by atoms with van der Waals surface area (Å²) in [6.07, 6.45) is 4.53. The number of rotatable bonds is 7. The maximum absolute atomic E-state index is 13.5. The third-order valence-electron chi connectivity index (χ3n) is 6.68. The SMILES string of the molecule is COc1ccc(N2CCC(C)(c3ccc(Cl)c(Cl)c3)C2=O)cc1OCCN1CCCCC1.Cl. The third kappa shape index (κ3) is 5.54. The molecule has 2 aliphatic rings. The Hall–Kier alpha value is -1.66. The van der Waals surface area contributed by atoms with Gasteiger partial charge in [-0.3, -0.25) is 9.69 Å². The Morgan fingerprint density at radius 2 is 1.73 bits per heavy atom. The van der Waals surface area contributed by atoms with Crippen LogP contribution >= 0.6 is 35.6 Å². The van der Waals surface area contributed by atoms with Gasteiger partial charge in [0.05, 0.1) is 22.6 Å². The molecule has 2 aromatic rings. The van der Waals surface area contributed by atoms with Gasteiger partial charge in [0.1, 0.15) is 6.61 Å². The Labute approximate surface area is 212 Å². The number of piperidine rings is 1. The first-order valence-electron chi connectivity index (χ1n) is 11.2. The van der Waals surface area contributed by atoms with Gasteiger partial charge in [-0.25, -0.2) is 0 Å². The van der Waals surface area contributed by atoms with E-state index in [1.807, 2.05) is 36.1 Å². The smallest absolute Gasteiger partial charge is 0.237 e. The van der Waals surface area contributed by atoms with Crippen LogP contribution in [0.1, 0.15) is 38.2 Å². The van der Waals surface area contributed by atoms with Crippen LogP contribution in [0.3, 0.4) is 0 Å². The van der Waals surface area contributed by atoms with E-state index >= 15 is 0 Å². The fourth-order valence-electron chi connectivity index (χ4n) is 4.61. The molecular weight excluding hydrogens is 483 g/mol. The number of carbonyl (C=O) groups excluding carboxylic acids is 1. The number of hydrogen-bond donors (Lipinski definition) is 0. The minimum atomic E-state index is -0.649. The summed E-state index contributed by atoms with van der Waals surface area (Å²) in [5, 5.41) is 0.952. The molecule has 5 nitrogen and oxygen atoms in total. The summed E-state index contributed by atoms with van der Waals surface area (Å²) in [5.74, 6) is 1.38. The topological polar surface area (TPSA) is 42.0 Å². The molecule has 0 aromatic heterocycles. The van der Waals surface area contributed by atoms with Crippen LogP contribution in [0.25, 0.3) is 0 Å². The summed E-state index contributed by atoms with van der Waals surface area (Å²) in [5.41, 5.74) is 1.04. The fraction of sp³-hybridized carbons (Fsp3) is 0.480. The van der Waals surface area contributed by atoms with Gasteiger partial charge in [0.15, 0.2) is 11.5 Å². The molecular formula is C25H31Cl3N2O3. The Balaban J connectivity index is 0.00000306. The predicted octanol–water partition coefficient (Wildman–Crippen LogP) is 5.98. The quantitative estimate of drug-likeness (QED) is 0.456. The highest BCUT2D eigenvalue weighted by molar-refractivity contribution is 6.42. The van der Waals surface area contributed by atoms with Crippen LogP contribution in [-0.4, -0.2) is 50.7 Å². The minimum Gasteiger partial charge on any atom is -0.493 e. The van der Waals surface area contributed by atoms with E-state index in [0.29, 0.717) is 41.1 Å². The van der Waals surface area contributed by atoms with E-state index in [0.717, 1.165) is 30.9 Å². The maximum Gasteiger partial charge on any atom is 0.237 e. The molecule has 0 spiro atoms. The molecule has 33 heavy (non-hydrogen) atoms. The standard InChI is InChI=1S/C25H30Cl2N2O3.ClH/c1-25(18-6-8-20(26)21(27)16-18)10-13-29(24(25)30)19-7-9-22(31-2)23(17-19)32-15-14-28-11-4-3-5-12-28;/h6-9,16-17H,3-5,10-15H2,1-2H3;1H. The summed E-state index contributed by atoms with van der Waals surface area (Å²) < 4.78 is 11.6. The number of nitrogens with zero attached hydrogens (tertiary/aromatic N) is 2. The Morgan fingerprint density at radius 3 is 2.42 bits per heavy atom. The molecule has 0 saturated carbocycles. The van der Waals surface area contributed by atoms with Gasteiger partial charge >= 0.3 is 0 Å². The summed E-state index contributed by atoms with van der Waals surface area (Å²) in [4.78, 5) is 17.7. The third-order valence-corrected chi connectivity index (χ3v) is 7.42. The van der Waals surface area contributed by atoms with Gasteiger partial charge in [-0.15, -0.1) is 12.4 Å². The van der Waals surface area contributed by atoms with Gasteiger partial charge in [0.2, 0.25) is 5.91 Å². The van der Waals surface area contributed by atoms with E-state index in [2.05, 4.69) is 4.90 Å².